The van der Waals surface area contributed by atoms with Crippen molar-refractivity contribution in [1.82, 2.24) is 14.7 Å². The van der Waals surface area contributed by atoms with Crippen LogP contribution in [-0.4, -0.2) is 46.8 Å². The molecule has 0 spiro atoms. The van der Waals surface area contributed by atoms with Crippen LogP contribution in [0.15, 0.2) is 85.2 Å². The molecule has 1 fully saturated rings. The molecule has 0 unspecified atom stereocenters. The first kappa shape index (κ1) is 22.0. The maximum absolute atomic E-state index is 13.5. The van der Waals surface area contributed by atoms with E-state index < -0.39 is 0 Å². The minimum Gasteiger partial charge on any atom is -0.368 e. The van der Waals surface area contributed by atoms with Gasteiger partial charge in [0, 0.05) is 49.8 Å². The SMILES string of the molecule is Cc1cccc(N2CCN(C(=O)c3ccccc3-c3ccc(Cn4cccn4)cc3)CC2)c1C. The highest BCUT2D eigenvalue weighted by molar-refractivity contribution is 6.01. The lowest BCUT2D eigenvalue weighted by atomic mass is 9.97. The highest BCUT2D eigenvalue weighted by Crippen LogP contribution is 2.27. The first-order chi connectivity index (χ1) is 16.6. The van der Waals surface area contributed by atoms with Gasteiger partial charge in [-0.3, -0.25) is 9.48 Å². The van der Waals surface area contributed by atoms with E-state index in [2.05, 4.69) is 66.3 Å². The third kappa shape index (κ3) is 4.46. The predicted molar refractivity (Wildman–Crippen MR) is 137 cm³/mol. The number of anilines is 1. The normalized spacial score (nSPS) is 13.8. The Morgan fingerprint density at radius 3 is 2.35 bits per heavy atom. The zero-order valence-electron chi connectivity index (χ0n) is 19.8. The number of benzene rings is 3. The van der Waals surface area contributed by atoms with E-state index in [0.29, 0.717) is 0 Å². The minimum absolute atomic E-state index is 0.108. The van der Waals surface area contributed by atoms with Gasteiger partial charge < -0.3 is 9.80 Å². The Hall–Kier alpha value is -3.86. The van der Waals surface area contributed by atoms with Gasteiger partial charge in [-0.05, 0) is 59.9 Å². The molecule has 0 N–H and O–H groups in total. The van der Waals surface area contributed by atoms with E-state index >= 15 is 0 Å². The molecular weight excluding hydrogens is 420 g/mol. The number of piperazine rings is 1. The Kier molecular flexibility index (Phi) is 6.17. The first-order valence-electron chi connectivity index (χ1n) is 11.9. The number of carbonyl (C=O) groups is 1. The maximum Gasteiger partial charge on any atom is 0.254 e. The number of hydrogen-bond donors (Lipinski definition) is 0. The molecule has 0 saturated carbocycles. The lowest BCUT2D eigenvalue weighted by Crippen LogP contribution is -2.49. The van der Waals surface area contributed by atoms with E-state index in [0.717, 1.165) is 49.4 Å². The number of carbonyl (C=O) groups excluding carboxylic acids is 1. The Labute approximate surface area is 201 Å². The van der Waals surface area contributed by atoms with Crippen LogP contribution in [0.3, 0.4) is 0 Å². The van der Waals surface area contributed by atoms with Gasteiger partial charge in [-0.1, -0.05) is 54.6 Å². The molecule has 0 radical (unpaired) electrons. The van der Waals surface area contributed by atoms with Crippen molar-refractivity contribution in [3.63, 3.8) is 0 Å². The first-order valence-corrected chi connectivity index (χ1v) is 11.9. The third-order valence-corrected chi connectivity index (χ3v) is 6.81. The van der Waals surface area contributed by atoms with Gasteiger partial charge in [-0.2, -0.15) is 5.10 Å². The quantitative estimate of drug-likeness (QED) is 0.421. The highest BCUT2D eigenvalue weighted by atomic mass is 16.2. The summed E-state index contributed by atoms with van der Waals surface area (Å²) in [5, 5.41) is 4.28. The molecule has 1 aliphatic rings. The van der Waals surface area contributed by atoms with E-state index in [9.17, 15) is 4.79 Å². The van der Waals surface area contributed by atoms with Crippen molar-refractivity contribution < 1.29 is 4.79 Å². The van der Waals surface area contributed by atoms with Crippen LogP contribution in [0.4, 0.5) is 5.69 Å². The minimum atomic E-state index is 0.108. The van der Waals surface area contributed by atoms with Crippen LogP contribution < -0.4 is 4.90 Å². The largest absolute Gasteiger partial charge is 0.368 e. The molecule has 0 aliphatic carbocycles. The predicted octanol–water partition coefficient (Wildman–Crippen LogP) is 5.18. The van der Waals surface area contributed by atoms with Crippen LogP contribution in [-0.2, 0) is 6.54 Å². The Balaban J connectivity index is 1.30. The smallest absolute Gasteiger partial charge is 0.254 e. The van der Waals surface area contributed by atoms with Gasteiger partial charge in [0.25, 0.3) is 5.91 Å². The summed E-state index contributed by atoms with van der Waals surface area (Å²) in [6.45, 7) is 8.21. The Morgan fingerprint density at radius 1 is 0.853 bits per heavy atom. The van der Waals surface area contributed by atoms with E-state index in [1.54, 1.807) is 6.20 Å². The van der Waals surface area contributed by atoms with Crippen molar-refractivity contribution in [2.75, 3.05) is 31.1 Å². The zero-order valence-corrected chi connectivity index (χ0v) is 19.8. The molecule has 0 bridgehead atoms. The van der Waals surface area contributed by atoms with Crippen molar-refractivity contribution in [2.45, 2.75) is 20.4 Å². The maximum atomic E-state index is 13.5. The number of rotatable bonds is 5. The topological polar surface area (TPSA) is 41.4 Å². The molecule has 3 aromatic carbocycles. The van der Waals surface area contributed by atoms with Crippen LogP contribution >= 0.6 is 0 Å². The summed E-state index contributed by atoms with van der Waals surface area (Å²) in [6, 6.07) is 24.8. The fourth-order valence-corrected chi connectivity index (χ4v) is 4.69. The number of hydrogen-bond acceptors (Lipinski definition) is 3. The van der Waals surface area contributed by atoms with Gasteiger partial charge in [-0.15, -0.1) is 0 Å². The summed E-state index contributed by atoms with van der Waals surface area (Å²) in [7, 11) is 0. The van der Waals surface area contributed by atoms with Crippen LogP contribution in [0.1, 0.15) is 27.0 Å². The standard InChI is InChI=1S/C29H30N4O/c1-22-7-5-10-28(23(22)2)31-17-19-32(20-18-31)29(34)27-9-4-3-8-26(27)25-13-11-24(12-14-25)21-33-16-6-15-30-33/h3-16H,17-21H2,1-2H3. The number of amides is 1. The number of nitrogens with zero attached hydrogens (tertiary/aromatic N) is 4. The molecule has 5 nitrogen and oxygen atoms in total. The van der Waals surface area contributed by atoms with Gasteiger partial charge in [-0.25, -0.2) is 0 Å². The van der Waals surface area contributed by atoms with Gasteiger partial charge in [0.1, 0.15) is 0 Å². The second kappa shape index (κ2) is 9.56. The molecule has 34 heavy (non-hydrogen) atoms. The molecule has 5 rings (SSSR count). The third-order valence-electron chi connectivity index (χ3n) is 6.81. The fourth-order valence-electron chi connectivity index (χ4n) is 4.69. The summed E-state index contributed by atoms with van der Waals surface area (Å²) in [5.74, 6) is 0.108. The molecule has 5 heteroatoms. The van der Waals surface area contributed by atoms with Crippen LogP contribution in [0.25, 0.3) is 11.1 Å². The molecule has 1 amide bonds. The van der Waals surface area contributed by atoms with E-state index in [1.807, 2.05) is 46.1 Å². The van der Waals surface area contributed by atoms with Crippen LogP contribution in [0, 0.1) is 13.8 Å². The van der Waals surface area contributed by atoms with Gasteiger partial charge in [0.05, 0.1) is 6.54 Å². The van der Waals surface area contributed by atoms with Crippen molar-refractivity contribution in [1.29, 1.82) is 0 Å². The number of aryl methyl sites for hydroxylation is 1. The lowest BCUT2D eigenvalue weighted by molar-refractivity contribution is 0.0747. The zero-order chi connectivity index (χ0) is 23.5. The second-order valence-electron chi connectivity index (χ2n) is 8.94. The van der Waals surface area contributed by atoms with Crippen molar-refractivity contribution >= 4 is 11.6 Å². The summed E-state index contributed by atoms with van der Waals surface area (Å²) in [5.41, 5.74) is 7.89. The lowest BCUT2D eigenvalue weighted by Gasteiger charge is -2.37. The average molecular weight is 451 g/mol. The summed E-state index contributed by atoms with van der Waals surface area (Å²) < 4.78 is 1.91. The molecule has 172 valence electrons. The van der Waals surface area contributed by atoms with Gasteiger partial charge in [0.15, 0.2) is 0 Å². The van der Waals surface area contributed by atoms with Crippen molar-refractivity contribution in [3.8, 4) is 11.1 Å². The monoisotopic (exact) mass is 450 g/mol. The summed E-state index contributed by atoms with van der Waals surface area (Å²) in [6.07, 6.45) is 3.75. The van der Waals surface area contributed by atoms with Crippen LogP contribution in [0.5, 0.6) is 0 Å². The Morgan fingerprint density at radius 2 is 1.62 bits per heavy atom. The molecule has 0 atom stereocenters. The molecular formula is C29H30N4O. The van der Waals surface area contributed by atoms with Crippen molar-refractivity contribution in [3.05, 3.63) is 107 Å². The second-order valence-corrected chi connectivity index (χ2v) is 8.94. The van der Waals surface area contributed by atoms with Gasteiger partial charge in [0.2, 0.25) is 0 Å². The van der Waals surface area contributed by atoms with E-state index in [1.165, 1.54) is 22.4 Å². The van der Waals surface area contributed by atoms with Crippen LogP contribution in [0.2, 0.25) is 0 Å². The molecule has 4 aromatic rings. The summed E-state index contributed by atoms with van der Waals surface area (Å²) in [4.78, 5) is 17.9. The highest BCUT2D eigenvalue weighted by Gasteiger charge is 2.25. The molecule has 1 aromatic heterocycles. The van der Waals surface area contributed by atoms with Gasteiger partial charge >= 0.3 is 0 Å². The van der Waals surface area contributed by atoms with E-state index in [-0.39, 0.29) is 5.91 Å². The molecule has 1 aliphatic heterocycles. The average Bonchev–Trinajstić information content (AvgIpc) is 3.39. The fraction of sp³-hybridized carbons (Fsp3) is 0.241. The Bertz CT molecular complexity index is 1270. The number of aromatic nitrogens is 2. The van der Waals surface area contributed by atoms with Crippen molar-refractivity contribution in [2.24, 2.45) is 0 Å². The molecule has 2 heterocycles. The summed E-state index contributed by atoms with van der Waals surface area (Å²) >= 11 is 0. The molecule has 1 saturated heterocycles. The van der Waals surface area contributed by atoms with E-state index in [4.69, 9.17) is 0 Å².